The molecular formula is C15H22N2O6S. The van der Waals surface area contributed by atoms with Crippen LogP contribution in [0.4, 0.5) is 0 Å². The Morgan fingerprint density at radius 3 is 2.67 bits per heavy atom. The van der Waals surface area contributed by atoms with E-state index in [9.17, 15) is 18.0 Å². The van der Waals surface area contributed by atoms with Gasteiger partial charge in [0.05, 0.1) is 11.5 Å². The Bertz CT molecular complexity index is 674. The number of aliphatic carboxylic acids is 1. The Morgan fingerprint density at radius 2 is 2.04 bits per heavy atom. The summed E-state index contributed by atoms with van der Waals surface area (Å²) in [5, 5.41) is 11.3. The van der Waals surface area contributed by atoms with E-state index < -0.39 is 21.9 Å². The summed E-state index contributed by atoms with van der Waals surface area (Å²) >= 11 is 0. The third-order valence-electron chi connectivity index (χ3n) is 3.14. The minimum absolute atomic E-state index is 0.0233. The number of amides is 1. The molecule has 0 aliphatic heterocycles. The highest BCUT2D eigenvalue weighted by Crippen LogP contribution is 2.11. The zero-order valence-electron chi connectivity index (χ0n) is 13.6. The van der Waals surface area contributed by atoms with E-state index in [1.807, 2.05) is 0 Å². The van der Waals surface area contributed by atoms with E-state index in [2.05, 4.69) is 10.0 Å². The molecule has 0 fully saturated rings. The summed E-state index contributed by atoms with van der Waals surface area (Å²) in [4.78, 5) is 22.6. The number of hydrogen-bond donors (Lipinski definition) is 3. The zero-order chi connectivity index (χ0) is 18.2. The first kappa shape index (κ1) is 20.1. The summed E-state index contributed by atoms with van der Waals surface area (Å²) in [6, 6.07) is 5.62. The van der Waals surface area contributed by atoms with Gasteiger partial charge in [0.1, 0.15) is 0 Å². The predicted octanol–water partition coefficient (Wildman–Crippen LogP) is 0.452. The first-order valence-electron chi connectivity index (χ1n) is 7.35. The van der Waals surface area contributed by atoms with Crippen molar-refractivity contribution < 1.29 is 27.9 Å². The Kier molecular flexibility index (Phi) is 7.83. The van der Waals surface area contributed by atoms with Crippen LogP contribution in [-0.2, 0) is 19.6 Å². The van der Waals surface area contributed by atoms with Crippen LogP contribution < -0.4 is 10.0 Å². The maximum atomic E-state index is 12.1. The van der Waals surface area contributed by atoms with Gasteiger partial charge in [-0.1, -0.05) is 13.0 Å². The Morgan fingerprint density at radius 1 is 1.33 bits per heavy atom. The topological polar surface area (TPSA) is 122 Å². The van der Waals surface area contributed by atoms with Crippen molar-refractivity contribution in [3.05, 3.63) is 29.8 Å². The molecule has 0 aliphatic carbocycles. The van der Waals surface area contributed by atoms with Gasteiger partial charge in [-0.25, -0.2) is 13.1 Å². The second kappa shape index (κ2) is 9.36. The molecule has 0 aliphatic rings. The minimum Gasteiger partial charge on any atom is -0.481 e. The Labute approximate surface area is 141 Å². The van der Waals surface area contributed by atoms with E-state index in [1.165, 1.54) is 31.4 Å². The predicted molar refractivity (Wildman–Crippen MR) is 87.3 cm³/mol. The minimum atomic E-state index is -3.72. The van der Waals surface area contributed by atoms with Crippen molar-refractivity contribution in [3.8, 4) is 0 Å². The second-order valence-corrected chi connectivity index (χ2v) is 7.10. The first-order valence-corrected chi connectivity index (χ1v) is 8.83. The fourth-order valence-corrected chi connectivity index (χ4v) is 2.96. The van der Waals surface area contributed by atoms with Crippen LogP contribution in [0.25, 0.3) is 0 Å². The van der Waals surface area contributed by atoms with Gasteiger partial charge in [-0.05, 0) is 24.1 Å². The number of carboxylic acids is 1. The number of carbonyl (C=O) groups is 2. The first-order chi connectivity index (χ1) is 11.3. The van der Waals surface area contributed by atoms with Crippen LogP contribution >= 0.6 is 0 Å². The molecule has 0 bridgehead atoms. The van der Waals surface area contributed by atoms with Gasteiger partial charge >= 0.3 is 5.97 Å². The number of benzene rings is 1. The molecule has 8 nitrogen and oxygen atoms in total. The third kappa shape index (κ3) is 6.65. The van der Waals surface area contributed by atoms with Crippen molar-refractivity contribution >= 4 is 21.9 Å². The number of ether oxygens (including phenoxy) is 1. The number of carbonyl (C=O) groups excluding carboxylic acids is 1. The summed E-state index contributed by atoms with van der Waals surface area (Å²) in [6.45, 7) is 2.26. The highest BCUT2D eigenvalue weighted by atomic mass is 32.2. The lowest BCUT2D eigenvalue weighted by molar-refractivity contribution is -0.137. The van der Waals surface area contributed by atoms with Gasteiger partial charge in [-0.3, -0.25) is 9.59 Å². The molecular weight excluding hydrogens is 336 g/mol. The molecule has 0 saturated heterocycles. The molecule has 1 atom stereocenters. The third-order valence-corrected chi connectivity index (χ3v) is 4.60. The Hall–Kier alpha value is -1.97. The second-order valence-electron chi connectivity index (χ2n) is 5.33. The SMILES string of the molecule is COCCNS(=O)(=O)c1cccc(C(=O)NCC(C)CC(=O)O)c1. The fourth-order valence-electron chi connectivity index (χ4n) is 1.91. The van der Waals surface area contributed by atoms with E-state index >= 15 is 0 Å². The van der Waals surface area contributed by atoms with Crippen molar-refractivity contribution in [2.24, 2.45) is 5.92 Å². The zero-order valence-corrected chi connectivity index (χ0v) is 14.4. The van der Waals surface area contributed by atoms with E-state index in [1.54, 1.807) is 6.92 Å². The molecule has 0 aromatic heterocycles. The lowest BCUT2D eigenvalue weighted by Crippen LogP contribution is -2.30. The molecule has 1 aromatic carbocycles. The Balaban J connectivity index is 2.73. The van der Waals surface area contributed by atoms with Crippen LogP contribution in [-0.4, -0.2) is 52.2 Å². The number of rotatable bonds is 10. The number of hydrogen-bond acceptors (Lipinski definition) is 5. The quantitative estimate of drug-likeness (QED) is 0.522. The number of carboxylic acid groups (broad SMARTS) is 1. The monoisotopic (exact) mass is 358 g/mol. The molecule has 134 valence electrons. The molecule has 9 heteroatoms. The largest absolute Gasteiger partial charge is 0.481 e. The maximum Gasteiger partial charge on any atom is 0.303 e. The summed E-state index contributed by atoms with van der Waals surface area (Å²) in [6.07, 6.45) is -0.0574. The summed E-state index contributed by atoms with van der Waals surface area (Å²) in [5.74, 6) is -1.62. The number of sulfonamides is 1. The van der Waals surface area contributed by atoms with Crippen molar-refractivity contribution in [1.29, 1.82) is 0 Å². The molecule has 1 aromatic rings. The molecule has 24 heavy (non-hydrogen) atoms. The van der Waals surface area contributed by atoms with E-state index in [-0.39, 0.29) is 42.5 Å². The van der Waals surface area contributed by atoms with E-state index in [4.69, 9.17) is 9.84 Å². The van der Waals surface area contributed by atoms with Gasteiger partial charge in [-0.2, -0.15) is 0 Å². The van der Waals surface area contributed by atoms with Crippen molar-refractivity contribution in [2.45, 2.75) is 18.2 Å². The lowest BCUT2D eigenvalue weighted by atomic mass is 10.1. The van der Waals surface area contributed by atoms with Crippen LogP contribution in [0.3, 0.4) is 0 Å². The molecule has 0 saturated carbocycles. The van der Waals surface area contributed by atoms with Gasteiger partial charge in [0.25, 0.3) is 5.91 Å². The summed E-state index contributed by atoms with van der Waals surface area (Å²) in [5.41, 5.74) is 0.187. The molecule has 0 heterocycles. The summed E-state index contributed by atoms with van der Waals surface area (Å²) < 4.78 is 31.4. The average molecular weight is 358 g/mol. The van der Waals surface area contributed by atoms with E-state index in [0.717, 1.165) is 0 Å². The van der Waals surface area contributed by atoms with Crippen molar-refractivity contribution in [2.75, 3.05) is 26.8 Å². The fraction of sp³-hybridized carbons (Fsp3) is 0.467. The van der Waals surface area contributed by atoms with Crippen LogP contribution in [0.1, 0.15) is 23.7 Å². The molecule has 1 rings (SSSR count). The normalized spacial score (nSPS) is 12.6. The molecule has 0 spiro atoms. The van der Waals surface area contributed by atoms with Gasteiger partial charge in [0.2, 0.25) is 10.0 Å². The maximum absolute atomic E-state index is 12.1. The highest BCUT2D eigenvalue weighted by Gasteiger charge is 2.16. The average Bonchev–Trinajstić information content (AvgIpc) is 2.52. The van der Waals surface area contributed by atoms with Crippen molar-refractivity contribution in [3.63, 3.8) is 0 Å². The smallest absolute Gasteiger partial charge is 0.303 e. The van der Waals surface area contributed by atoms with Crippen molar-refractivity contribution in [1.82, 2.24) is 10.0 Å². The van der Waals surface area contributed by atoms with Gasteiger partial charge in [0, 0.05) is 32.2 Å². The lowest BCUT2D eigenvalue weighted by Gasteiger charge is -2.11. The molecule has 1 unspecified atom stereocenters. The number of methoxy groups -OCH3 is 1. The number of nitrogens with one attached hydrogen (secondary N) is 2. The summed E-state index contributed by atoms with van der Waals surface area (Å²) in [7, 11) is -2.26. The van der Waals surface area contributed by atoms with Crippen LogP contribution in [0.5, 0.6) is 0 Å². The van der Waals surface area contributed by atoms with Crippen LogP contribution in [0.15, 0.2) is 29.2 Å². The van der Waals surface area contributed by atoms with Crippen LogP contribution in [0, 0.1) is 5.92 Å². The van der Waals surface area contributed by atoms with Crippen LogP contribution in [0.2, 0.25) is 0 Å². The van der Waals surface area contributed by atoms with Gasteiger partial charge in [-0.15, -0.1) is 0 Å². The molecule has 0 radical (unpaired) electrons. The molecule has 1 amide bonds. The van der Waals surface area contributed by atoms with Gasteiger partial charge in [0.15, 0.2) is 0 Å². The highest BCUT2D eigenvalue weighted by molar-refractivity contribution is 7.89. The van der Waals surface area contributed by atoms with E-state index in [0.29, 0.717) is 0 Å². The van der Waals surface area contributed by atoms with Gasteiger partial charge < -0.3 is 15.2 Å². The molecule has 3 N–H and O–H groups in total. The standard InChI is InChI=1S/C15H22N2O6S/c1-11(8-14(18)19)10-16-15(20)12-4-3-5-13(9-12)24(21,22)17-6-7-23-2/h3-5,9,11,17H,6-8,10H2,1-2H3,(H,16,20)(H,18,19).